The molecule has 19 heavy (non-hydrogen) atoms. The van der Waals surface area contributed by atoms with E-state index in [0.717, 1.165) is 16.3 Å². The van der Waals surface area contributed by atoms with Gasteiger partial charge < -0.3 is 5.32 Å². The van der Waals surface area contributed by atoms with Gasteiger partial charge in [0.25, 0.3) is 0 Å². The van der Waals surface area contributed by atoms with Crippen molar-refractivity contribution in [3.63, 3.8) is 0 Å². The van der Waals surface area contributed by atoms with Crippen LogP contribution in [0.1, 0.15) is 32.6 Å². The highest BCUT2D eigenvalue weighted by molar-refractivity contribution is 8.00. The molecule has 1 aromatic rings. The Morgan fingerprint density at radius 1 is 1.32 bits per heavy atom. The van der Waals surface area contributed by atoms with Gasteiger partial charge in [0.05, 0.1) is 5.75 Å². The molecule has 2 atom stereocenters. The maximum Gasteiger partial charge on any atom is 0.230 e. The largest absolute Gasteiger partial charge is 0.352 e. The van der Waals surface area contributed by atoms with Crippen molar-refractivity contribution in [2.75, 3.05) is 5.75 Å². The highest BCUT2D eigenvalue weighted by atomic mass is 35.5. The van der Waals surface area contributed by atoms with Crippen molar-refractivity contribution >= 4 is 29.3 Å². The van der Waals surface area contributed by atoms with Gasteiger partial charge in [-0.05, 0) is 43.0 Å². The number of hydrogen-bond donors (Lipinski definition) is 1. The summed E-state index contributed by atoms with van der Waals surface area (Å²) in [6, 6.07) is 7.97. The third kappa shape index (κ3) is 4.73. The van der Waals surface area contributed by atoms with Crippen molar-refractivity contribution in [2.45, 2.75) is 43.5 Å². The Balaban J connectivity index is 1.76. The lowest BCUT2D eigenvalue weighted by Crippen LogP contribution is -2.41. The van der Waals surface area contributed by atoms with Gasteiger partial charge in [-0.15, -0.1) is 11.8 Å². The molecule has 1 aliphatic rings. The summed E-state index contributed by atoms with van der Waals surface area (Å²) in [7, 11) is 0. The van der Waals surface area contributed by atoms with E-state index in [1.165, 1.54) is 19.3 Å². The molecule has 1 aromatic carbocycles. The van der Waals surface area contributed by atoms with Gasteiger partial charge in [-0.2, -0.15) is 0 Å². The van der Waals surface area contributed by atoms with Gasteiger partial charge in [-0.3, -0.25) is 4.79 Å². The molecule has 1 N–H and O–H groups in total. The Bertz CT molecular complexity index is 421. The lowest BCUT2D eigenvalue weighted by atomic mass is 9.86. The zero-order valence-electron chi connectivity index (χ0n) is 11.2. The zero-order chi connectivity index (χ0) is 13.7. The van der Waals surface area contributed by atoms with Gasteiger partial charge in [0.1, 0.15) is 0 Å². The van der Waals surface area contributed by atoms with Crippen molar-refractivity contribution in [3.05, 3.63) is 29.3 Å². The average molecular weight is 298 g/mol. The molecular weight excluding hydrogens is 278 g/mol. The minimum Gasteiger partial charge on any atom is -0.352 e. The molecule has 1 fully saturated rings. The Labute approximate surface area is 124 Å². The number of halogens is 1. The predicted molar refractivity (Wildman–Crippen MR) is 81.7 cm³/mol. The highest BCUT2D eigenvalue weighted by Gasteiger charge is 2.22. The molecule has 4 heteroatoms. The lowest BCUT2D eigenvalue weighted by molar-refractivity contribution is -0.119. The lowest BCUT2D eigenvalue weighted by Gasteiger charge is -2.29. The smallest absolute Gasteiger partial charge is 0.230 e. The van der Waals surface area contributed by atoms with E-state index < -0.39 is 0 Å². The van der Waals surface area contributed by atoms with Crippen LogP contribution in [0, 0.1) is 5.92 Å². The fourth-order valence-corrected chi connectivity index (χ4v) is 3.29. The normalized spacial score (nSPS) is 23.1. The van der Waals surface area contributed by atoms with E-state index in [-0.39, 0.29) is 5.91 Å². The second kappa shape index (κ2) is 7.20. The summed E-state index contributed by atoms with van der Waals surface area (Å²) in [5.41, 5.74) is 0. The molecule has 0 aromatic heterocycles. The van der Waals surface area contributed by atoms with Crippen molar-refractivity contribution in [1.82, 2.24) is 5.32 Å². The molecule has 0 radical (unpaired) electrons. The number of carbonyl (C=O) groups excluding carboxylic acids is 1. The van der Waals surface area contributed by atoms with Crippen LogP contribution >= 0.6 is 23.4 Å². The van der Waals surface area contributed by atoms with Crippen LogP contribution in [-0.4, -0.2) is 17.7 Å². The summed E-state index contributed by atoms with van der Waals surface area (Å²) < 4.78 is 0. The summed E-state index contributed by atoms with van der Waals surface area (Å²) in [5.74, 6) is 1.22. The number of nitrogens with one attached hydrogen (secondary N) is 1. The standard InChI is InChI=1S/C15H20ClNOS/c1-11-4-2-3-5-14(11)17-15(18)10-19-13-8-6-12(16)7-9-13/h6-9,11,14H,2-5,10H2,1H3,(H,17,18)/t11-,14+/m1/s1. The molecule has 0 unspecified atom stereocenters. The predicted octanol–water partition coefficient (Wildman–Crippen LogP) is 4.13. The van der Waals surface area contributed by atoms with E-state index in [1.54, 1.807) is 11.8 Å². The second-order valence-corrected chi connectivity index (χ2v) is 6.66. The van der Waals surface area contributed by atoms with E-state index in [4.69, 9.17) is 11.6 Å². The van der Waals surface area contributed by atoms with E-state index >= 15 is 0 Å². The number of carbonyl (C=O) groups is 1. The Hall–Kier alpha value is -0.670. The molecule has 0 spiro atoms. The number of benzene rings is 1. The zero-order valence-corrected chi connectivity index (χ0v) is 12.8. The molecule has 2 nitrogen and oxygen atoms in total. The summed E-state index contributed by atoms with van der Waals surface area (Å²) >= 11 is 7.39. The third-order valence-electron chi connectivity index (χ3n) is 3.64. The maximum absolute atomic E-state index is 11.9. The van der Waals surface area contributed by atoms with Crippen molar-refractivity contribution < 1.29 is 4.79 Å². The molecule has 1 aliphatic carbocycles. The first-order valence-corrected chi connectivity index (χ1v) is 8.19. The molecule has 0 aliphatic heterocycles. The maximum atomic E-state index is 11.9. The molecule has 0 bridgehead atoms. The second-order valence-electron chi connectivity index (χ2n) is 5.18. The van der Waals surface area contributed by atoms with Crippen LogP contribution in [0.4, 0.5) is 0 Å². The number of thioether (sulfide) groups is 1. The molecule has 104 valence electrons. The van der Waals surface area contributed by atoms with E-state index in [2.05, 4.69) is 12.2 Å². The SMILES string of the molecule is C[C@@H]1CCCC[C@@H]1NC(=O)CSc1ccc(Cl)cc1. The van der Waals surface area contributed by atoms with Gasteiger partial charge in [0.15, 0.2) is 0 Å². The van der Waals surface area contributed by atoms with Crippen LogP contribution in [0.15, 0.2) is 29.2 Å². The summed E-state index contributed by atoms with van der Waals surface area (Å²) in [6.07, 6.45) is 4.89. The first-order chi connectivity index (χ1) is 9.15. The molecule has 2 rings (SSSR count). The molecule has 1 amide bonds. The molecule has 1 saturated carbocycles. The van der Waals surface area contributed by atoms with Crippen molar-refractivity contribution in [1.29, 1.82) is 0 Å². The third-order valence-corrected chi connectivity index (χ3v) is 4.91. The topological polar surface area (TPSA) is 29.1 Å². The van der Waals surface area contributed by atoms with Crippen LogP contribution in [0.25, 0.3) is 0 Å². The Morgan fingerprint density at radius 3 is 2.68 bits per heavy atom. The van der Waals surface area contributed by atoms with Crippen LogP contribution < -0.4 is 5.32 Å². The average Bonchev–Trinajstić information content (AvgIpc) is 2.41. The van der Waals surface area contributed by atoms with E-state index in [0.29, 0.717) is 17.7 Å². The quantitative estimate of drug-likeness (QED) is 0.847. The van der Waals surface area contributed by atoms with E-state index in [9.17, 15) is 4.79 Å². The van der Waals surface area contributed by atoms with Gasteiger partial charge in [-0.1, -0.05) is 31.4 Å². The molecular formula is C15H20ClNOS. The summed E-state index contributed by atoms with van der Waals surface area (Å²) in [6.45, 7) is 2.23. The first-order valence-electron chi connectivity index (χ1n) is 6.83. The molecule has 0 saturated heterocycles. The first kappa shape index (κ1) is 14.7. The van der Waals surface area contributed by atoms with Crippen LogP contribution in [0.2, 0.25) is 5.02 Å². The number of amides is 1. The minimum absolute atomic E-state index is 0.138. The Kier molecular flexibility index (Phi) is 5.59. The van der Waals surface area contributed by atoms with Gasteiger partial charge in [0, 0.05) is 16.0 Å². The minimum atomic E-state index is 0.138. The molecule has 0 heterocycles. The fraction of sp³-hybridized carbons (Fsp3) is 0.533. The number of hydrogen-bond acceptors (Lipinski definition) is 2. The Morgan fingerprint density at radius 2 is 2.00 bits per heavy atom. The van der Waals surface area contributed by atoms with Gasteiger partial charge >= 0.3 is 0 Å². The summed E-state index contributed by atoms with van der Waals surface area (Å²) in [5, 5.41) is 3.89. The van der Waals surface area contributed by atoms with Gasteiger partial charge in [-0.25, -0.2) is 0 Å². The fourth-order valence-electron chi connectivity index (χ4n) is 2.46. The van der Waals surface area contributed by atoms with E-state index in [1.807, 2.05) is 24.3 Å². The number of rotatable bonds is 4. The highest BCUT2D eigenvalue weighted by Crippen LogP contribution is 2.24. The van der Waals surface area contributed by atoms with Crippen molar-refractivity contribution in [2.24, 2.45) is 5.92 Å². The van der Waals surface area contributed by atoms with Crippen LogP contribution in [0.5, 0.6) is 0 Å². The monoisotopic (exact) mass is 297 g/mol. The summed E-state index contributed by atoms with van der Waals surface area (Å²) in [4.78, 5) is 13.0. The van der Waals surface area contributed by atoms with Crippen LogP contribution in [0.3, 0.4) is 0 Å². The van der Waals surface area contributed by atoms with Crippen LogP contribution in [-0.2, 0) is 4.79 Å². The van der Waals surface area contributed by atoms with Crippen molar-refractivity contribution in [3.8, 4) is 0 Å². The van der Waals surface area contributed by atoms with Gasteiger partial charge in [0.2, 0.25) is 5.91 Å².